The fourth-order valence-corrected chi connectivity index (χ4v) is 6.37. The normalized spacial score (nSPS) is 45.4. The Labute approximate surface area is 123 Å². The molecule has 5 rings (SSSR count). The predicted octanol–water partition coefficient (Wildman–Crippen LogP) is 5.35. The summed E-state index contributed by atoms with van der Waals surface area (Å²) in [4.78, 5) is 0. The molecular formula is C20H26. The van der Waals surface area contributed by atoms with Crippen LogP contribution in [0.25, 0.3) is 0 Å². The highest BCUT2D eigenvalue weighted by Crippen LogP contribution is 2.57. The Hall–Kier alpha value is -0.780. The lowest BCUT2D eigenvalue weighted by molar-refractivity contribution is 0.412. The summed E-state index contributed by atoms with van der Waals surface area (Å²) in [6.07, 6.45) is 14.8. The van der Waals surface area contributed by atoms with E-state index in [0.717, 1.165) is 11.8 Å². The molecule has 0 amide bonds. The monoisotopic (exact) mass is 266 g/mol. The molecule has 4 bridgehead atoms. The fourth-order valence-electron chi connectivity index (χ4n) is 6.37. The molecule has 0 unspecified atom stereocenters. The molecule has 0 saturated heterocycles. The summed E-state index contributed by atoms with van der Waals surface area (Å²) in [7, 11) is 0. The van der Waals surface area contributed by atoms with Crippen molar-refractivity contribution in [2.45, 2.75) is 75.0 Å². The van der Waals surface area contributed by atoms with Crippen LogP contribution in [-0.4, -0.2) is 0 Å². The Kier molecular flexibility index (Phi) is 2.31. The molecule has 0 radical (unpaired) electrons. The first kappa shape index (κ1) is 11.8. The maximum atomic E-state index is 2.52. The van der Waals surface area contributed by atoms with Gasteiger partial charge in [0.15, 0.2) is 0 Å². The van der Waals surface area contributed by atoms with E-state index < -0.39 is 0 Å². The van der Waals surface area contributed by atoms with Gasteiger partial charge >= 0.3 is 0 Å². The first-order chi connectivity index (χ1) is 9.78. The lowest BCUT2D eigenvalue weighted by Gasteiger charge is -2.30. The van der Waals surface area contributed by atoms with Crippen molar-refractivity contribution in [2.75, 3.05) is 0 Å². The van der Waals surface area contributed by atoms with Crippen LogP contribution < -0.4 is 0 Å². The van der Waals surface area contributed by atoms with E-state index in [9.17, 15) is 0 Å². The summed E-state index contributed by atoms with van der Waals surface area (Å²) in [6.45, 7) is 0. The molecule has 0 aromatic heterocycles. The van der Waals surface area contributed by atoms with Gasteiger partial charge in [-0.1, -0.05) is 24.3 Å². The van der Waals surface area contributed by atoms with Gasteiger partial charge in [0.25, 0.3) is 0 Å². The van der Waals surface area contributed by atoms with Crippen molar-refractivity contribution in [2.24, 2.45) is 11.8 Å². The van der Waals surface area contributed by atoms with Crippen molar-refractivity contribution >= 4 is 0 Å². The molecule has 0 spiro atoms. The maximum Gasteiger partial charge on any atom is -0.00441 e. The van der Waals surface area contributed by atoms with Gasteiger partial charge in [-0.3, -0.25) is 0 Å². The molecule has 0 nitrogen and oxygen atoms in total. The van der Waals surface area contributed by atoms with E-state index in [1.54, 1.807) is 11.1 Å². The molecule has 4 fully saturated rings. The van der Waals surface area contributed by atoms with Gasteiger partial charge in [0.1, 0.15) is 0 Å². The third kappa shape index (κ3) is 1.49. The van der Waals surface area contributed by atoms with E-state index in [2.05, 4.69) is 24.3 Å². The summed E-state index contributed by atoms with van der Waals surface area (Å²) in [5, 5.41) is 0. The van der Waals surface area contributed by atoms with Crippen molar-refractivity contribution < 1.29 is 0 Å². The molecule has 4 saturated carbocycles. The largest absolute Gasteiger partial charge is 0.0582 e. The highest BCUT2D eigenvalue weighted by atomic mass is 14.5. The van der Waals surface area contributed by atoms with Crippen LogP contribution in [0.5, 0.6) is 0 Å². The molecule has 0 heterocycles. The van der Waals surface area contributed by atoms with E-state index in [1.165, 1.54) is 64.2 Å². The Morgan fingerprint density at radius 1 is 0.600 bits per heavy atom. The van der Waals surface area contributed by atoms with E-state index in [1.807, 2.05) is 0 Å². The molecule has 1 aromatic carbocycles. The summed E-state index contributed by atoms with van der Waals surface area (Å²) in [5.41, 5.74) is 4.53. The minimum atomic E-state index is 0.592. The third-order valence-corrected chi connectivity index (χ3v) is 7.59. The molecule has 106 valence electrons. The van der Waals surface area contributed by atoms with Gasteiger partial charge in [0, 0.05) is 0 Å². The smallest absolute Gasteiger partial charge is 0.00441 e. The summed E-state index contributed by atoms with van der Waals surface area (Å²) in [5.74, 6) is 2.11. The van der Waals surface area contributed by atoms with E-state index in [0.29, 0.717) is 10.8 Å². The highest BCUT2D eigenvalue weighted by molar-refractivity contribution is 5.36. The summed E-state index contributed by atoms with van der Waals surface area (Å²) in [6, 6.07) is 10.1. The van der Waals surface area contributed by atoms with E-state index in [-0.39, 0.29) is 0 Å². The van der Waals surface area contributed by atoms with Crippen molar-refractivity contribution in [1.82, 2.24) is 0 Å². The molecule has 1 aromatic rings. The predicted molar refractivity (Wildman–Crippen MR) is 82.9 cm³/mol. The van der Waals surface area contributed by atoms with Gasteiger partial charge in [-0.25, -0.2) is 0 Å². The van der Waals surface area contributed by atoms with Gasteiger partial charge in [0.2, 0.25) is 0 Å². The van der Waals surface area contributed by atoms with Crippen LogP contribution in [0, 0.1) is 11.8 Å². The Morgan fingerprint density at radius 3 is 1.20 bits per heavy atom. The van der Waals surface area contributed by atoms with Crippen LogP contribution in [-0.2, 0) is 10.8 Å². The Balaban J connectivity index is 1.47. The first-order valence-corrected chi connectivity index (χ1v) is 8.89. The first-order valence-electron chi connectivity index (χ1n) is 8.89. The standard InChI is InChI=1S/C20H26/c1-2-18(20-11-7-16(14-20)8-12-20)4-3-17(1)19-9-5-15(13-19)6-10-19/h1-4,15-16H,5-14H2. The Bertz CT molecular complexity index is 458. The number of benzene rings is 1. The van der Waals surface area contributed by atoms with Gasteiger partial charge in [-0.15, -0.1) is 0 Å². The average molecular weight is 266 g/mol. The quantitative estimate of drug-likeness (QED) is 0.677. The van der Waals surface area contributed by atoms with Gasteiger partial charge < -0.3 is 0 Å². The molecule has 20 heavy (non-hydrogen) atoms. The number of fused-ring (bicyclic) bond motifs is 4. The van der Waals surface area contributed by atoms with Crippen molar-refractivity contribution in [3.8, 4) is 0 Å². The average Bonchev–Trinajstić information content (AvgIpc) is 3.28. The molecule has 0 heteroatoms. The molecule has 4 aliphatic rings. The SMILES string of the molecule is c1cc(C23CCC(CC2)C3)ccc1C12CCC(CC1)C2. The zero-order chi connectivity index (χ0) is 13.2. The third-order valence-electron chi connectivity index (χ3n) is 7.59. The molecule has 0 N–H and O–H groups in total. The van der Waals surface area contributed by atoms with Gasteiger partial charge in [-0.05, 0) is 98.0 Å². The zero-order valence-electron chi connectivity index (χ0n) is 12.5. The lowest BCUT2D eigenvalue weighted by Crippen LogP contribution is -2.22. The van der Waals surface area contributed by atoms with Gasteiger partial charge in [-0.2, -0.15) is 0 Å². The topological polar surface area (TPSA) is 0 Å². The Morgan fingerprint density at radius 2 is 0.950 bits per heavy atom. The minimum Gasteiger partial charge on any atom is -0.0582 e. The second kappa shape index (κ2) is 3.90. The lowest BCUT2D eigenvalue weighted by atomic mass is 9.74. The fraction of sp³-hybridized carbons (Fsp3) is 0.700. The molecule has 0 atom stereocenters. The van der Waals surface area contributed by atoms with E-state index >= 15 is 0 Å². The number of hydrogen-bond donors (Lipinski definition) is 0. The van der Waals surface area contributed by atoms with Crippen LogP contribution in [0.4, 0.5) is 0 Å². The number of rotatable bonds is 2. The van der Waals surface area contributed by atoms with Crippen LogP contribution in [0.15, 0.2) is 24.3 Å². The highest BCUT2D eigenvalue weighted by Gasteiger charge is 2.47. The van der Waals surface area contributed by atoms with Crippen LogP contribution in [0.3, 0.4) is 0 Å². The summed E-state index contributed by atoms with van der Waals surface area (Å²) < 4.78 is 0. The second-order valence-corrected chi connectivity index (χ2v) is 8.43. The summed E-state index contributed by atoms with van der Waals surface area (Å²) >= 11 is 0. The van der Waals surface area contributed by atoms with Crippen LogP contribution in [0.1, 0.15) is 75.3 Å². The molecule has 4 aliphatic carbocycles. The van der Waals surface area contributed by atoms with Crippen LogP contribution >= 0.6 is 0 Å². The maximum absolute atomic E-state index is 2.52. The van der Waals surface area contributed by atoms with Crippen molar-refractivity contribution in [3.63, 3.8) is 0 Å². The number of hydrogen-bond acceptors (Lipinski definition) is 0. The van der Waals surface area contributed by atoms with Crippen LogP contribution in [0.2, 0.25) is 0 Å². The zero-order valence-corrected chi connectivity index (χ0v) is 12.5. The van der Waals surface area contributed by atoms with Crippen molar-refractivity contribution in [1.29, 1.82) is 0 Å². The van der Waals surface area contributed by atoms with Crippen molar-refractivity contribution in [3.05, 3.63) is 35.4 Å². The van der Waals surface area contributed by atoms with Gasteiger partial charge in [0.05, 0.1) is 0 Å². The minimum absolute atomic E-state index is 0.592. The molecule has 0 aliphatic heterocycles. The molecular weight excluding hydrogens is 240 g/mol. The second-order valence-electron chi connectivity index (χ2n) is 8.43. The van der Waals surface area contributed by atoms with E-state index in [4.69, 9.17) is 0 Å².